The molecule has 3 aromatic rings. The number of carbonyl (C=O) groups is 1. The Hall–Kier alpha value is -2.90. The third-order valence-electron chi connectivity index (χ3n) is 3.86. The third kappa shape index (κ3) is 4.49. The van der Waals surface area contributed by atoms with Crippen LogP contribution in [0.25, 0.3) is 11.3 Å². The van der Waals surface area contributed by atoms with Crippen LogP contribution in [-0.2, 0) is 4.79 Å². The summed E-state index contributed by atoms with van der Waals surface area (Å²) in [5.74, 6) is -0.395. The Bertz CT molecular complexity index is 1030. The summed E-state index contributed by atoms with van der Waals surface area (Å²) >= 11 is 11.6. The van der Waals surface area contributed by atoms with E-state index >= 15 is 0 Å². The highest BCUT2D eigenvalue weighted by molar-refractivity contribution is 6.32. The molecule has 0 saturated carbocycles. The molecule has 1 heterocycles. The van der Waals surface area contributed by atoms with Gasteiger partial charge in [0, 0.05) is 17.3 Å². The maximum Gasteiger partial charge on any atom is 0.242 e. The number of amides is 1. The monoisotopic (exact) mass is 419 g/mol. The van der Waals surface area contributed by atoms with Crippen molar-refractivity contribution in [3.8, 4) is 11.3 Å². The molecule has 2 aromatic carbocycles. The van der Waals surface area contributed by atoms with Crippen LogP contribution in [0, 0.1) is 5.82 Å². The minimum Gasteiger partial charge on any atom is -0.396 e. The molecule has 0 aliphatic heterocycles. The molecule has 0 aliphatic rings. The minimum atomic E-state index is -0.694. The van der Waals surface area contributed by atoms with Crippen LogP contribution in [0.15, 0.2) is 48.8 Å². The van der Waals surface area contributed by atoms with Gasteiger partial charge in [0.05, 0.1) is 22.1 Å². The van der Waals surface area contributed by atoms with Gasteiger partial charge < -0.3 is 16.4 Å². The number of nitrogens with one attached hydrogen (secondary N) is 2. The topological polar surface area (TPSA) is 92.9 Å². The lowest BCUT2D eigenvalue weighted by molar-refractivity contribution is -0.115. The fraction of sp³-hybridized carbons (Fsp3) is 0.105. The lowest BCUT2D eigenvalue weighted by Crippen LogP contribution is -2.21. The second-order valence-corrected chi connectivity index (χ2v) is 6.98. The Kier molecular flexibility index (Phi) is 5.96. The number of nitrogens with two attached hydrogens (primary N) is 1. The summed E-state index contributed by atoms with van der Waals surface area (Å²) in [6.07, 6.45) is 1.37. The van der Waals surface area contributed by atoms with E-state index in [0.29, 0.717) is 34.1 Å². The average molecular weight is 420 g/mol. The summed E-state index contributed by atoms with van der Waals surface area (Å²) in [5, 5.41) is 5.02. The lowest BCUT2D eigenvalue weighted by Gasteiger charge is -2.13. The van der Waals surface area contributed by atoms with Crippen LogP contribution >= 0.6 is 23.2 Å². The number of anilines is 4. The van der Waals surface area contributed by atoms with Gasteiger partial charge in [-0.15, -0.1) is 11.6 Å². The maximum atomic E-state index is 13.3. The molecule has 0 saturated heterocycles. The van der Waals surface area contributed by atoms with Crippen LogP contribution in [0.5, 0.6) is 0 Å². The van der Waals surface area contributed by atoms with Gasteiger partial charge in [0.2, 0.25) is 5.91 Å². The number of carbonyl (C=O) groups excluding carboxylic acids is 1. The Labute approximate surface area is 170 Å². The van der Waals surface area contributed by atoms with E-state index in [9.17, 15) is 9.18 Å². The van der Waals surface area contributed by atoms with Crippen molar-refractivity contribution in [2.75, 3.05) is 16.4 Å². The highest BCUT2D eigenvalue weighted by Gasteiger charge is 2.14. The van der Waals surface area contributed by atoms with Crippen molar-refractivity contribution in [1.82, 2.24) is 9.97 Å². The van der Waals surface area contributed by atoms with E-state index in [4.69, 9.17) is 28.9 Å². The SMILES string of the molecule is CC(Cl)C(=O)Nc1cccc(-c2cc(Nc3ccc(F)c(Cl)c3)ncn2)c1N. The van der Waals surface area contributed by atoms with Gasteiger partial charge in [-0.3, -0.25) is 4.79 Å². The standard InChI is InChI=1S/C19H16Cl2FN5O/c1-10(20)19(28)27-15-4-2-3-12(18(15)23)16-8-17(25-9-24-16)26-11-5-6-14(22)13(21)7-11/h2-10H,23H2,1H3,(H,27,28)(H,24,25,26). The number of benzene rings is 2. The number of alkyl halides is 1. The van der Waals surface area contributed by atoms with Crippen LogP contribution < -0.4 is 16.4 Å². The second-order valence-electron chi connectivity index (χ2n) is 5.91. The molecule has 0 spiro atoms. The van der Waals surface area contributed by atoms with Gasteiger partial charge in [-0.25, -0.2) is 14.4 Å². The number of nitrogen functional groups attached to an aromatic ring is 1. The number of nitrogens with zero attached hydrogens (tertiary/aromatic N) is 2. The van der Waals surface area contributed by atoms with Gasteiger partial charge in [-0.05, 0) is 31.2 Å². The molecule has 0 aliphatic carbocycles. The van der Waals surface area contributed by atoms with Crippen LogP contribution in [0.4, 0.5) is 27.3 Å². The minimum absolute atomic E-state index is 0.000451. The number of hydrogen-bond acceptors (Lipinski definition) is 5. The molecule has 0 fully saturated rings. The summed E-state index contributed by atoms with van der Waals surface area (Å²) in [7, 11) is 0. The normalized spacial score (nSPS) is 11.7. The molecular formula is C19H16Cl2FN5O. The Balaban J connectivity index is 1.89. The fourth-order valence-electron chi connectivity index (χ4n) is 2.42. The molecule has 1 amide bonds. The van der Waals surface area contributed by atoms with Crippen LogP contribution in [0.3, 0.4) is 0 Å². The summed E-state index contributed by atoms with van der Waals surface area (Å²) in [4.78, 5) is 20.2. The first kappa shape index (κ1) is 19.9. The van der Waals surface area contributed by atoms with E-state index < -0.39 is 11.2 Å². The van der Waals surface area contributed by atoms with Gasteiger partial charge in [-0.2, -0.15) is 0 Å². The lowest BCUT2D eigenvalue weighted by atomic mass is 10.1. The van der Waals surface area contributed by atoms with E-state index in [1.165, 1.54) is 18.5 Å². The van der Waals surface area contributed by atoms with Crippen molar-refractivity contribution in [3.05, 3.63) is 59.6 Å². The summed E-state index contributed by atoms with van der Waals surface area (Å²) in [6.45, 7) is 1.57. The predicted octanol–water partition coefficient (Wildman–Crippen LogP) is 4.83. The van der Waals surface area contributed by atoms with Crippen molar-refractivity contribution >= 4 is 52.0 Å². The maximum absolute atomic E-state index is 13.3. The van der Waals surface area contributed by atoms with E-state index in [0.717, 1.165) is 0 Å². The summed E-state index contributed by atoms with van der Waals surface area (Å²) in [5.41, 5.74) is 8.72. The van der Waals surface area contributed by atoms with Crippen LogP contribution in [0.2, 0.25) is 5.02 Å². The summed E-state index contributed by atoms with van der Waals surface area (Å²) in [6, 6.07) is 11.1. The third-order valence-corrected chi connectivity index (χ3v) is 4.35. The quantitative estimate of drug-likeness (QED) is 0.406. The zero-order valence-electron chi connectivity index (χ0n) is 14.7. The number of para-hydroxylation sites is 1. The molecule has 0 bridgehead atoms. The fourth-order valence-corrected chi connectivity index (χ4v) is 2.66. The van der Waals surface area contributed by atoms with Gasteiger partial charge in [0.15, 0.2) is 0 Å². The molecular weight excluding hydrogens is 404 g/mol. The number of aromatic nitrogens is 2. The molecule has 0 radical (unpaired) electrons. The van der Waals surface area contributed by atoms with E-state index in [1.807, 2.05) is 0 Å². The van der Waals surface area contributed by atoms with Crippen LogP contribution in [0.1, 0.15) is 6.92 Å². The molecule has 6 nitrogen and oxygen atoms in total. The van der Waals surface area contributed by atoms with E-state index in [-0.39, 0.29) is 10.9 Å². The molecule has 1 atom stereocenters. The van der Waals surface area contributed by atoms with Crippen molar-refractivity contribution in [3.63, 3.8) is 0 Å². The van der Waals surface area contributed by atoms with Gasteiger partial charge in [0.1, 0.15) is 23.3 Å². The number of hydrogen-bond donors (Lipinski definition) is 3. The smallest absolute Gasteiger partial charge is 0.242 e. The Morgan fingerprint density at radius 2 is 2.00 bits per heavy atom. The zero-order valence-corrected chi connectivity index (χ0v) is 16.2. The van der Waals surface area contributed by atoms with Crippen molar-refractivity contribution in [1.29, 1.82) is 0 Å². The van der Waals surface area contributed by atoms with Gasteiger partial charge >= 0.3 is 0 Å². The molecule has 144 valence electrons. The predicted molar refractivity (Wildman–Crippen MR) is 111 cm³/mol. The number of rotatable bonds is 5. The second kappa shape index (κ2) is 8.41. The molecule has 1 unspecified atom stereocenters. The van der Waals surface area contributed by atoms with Crippen molar-refractivity contribution in [2.45, 2.75) is 12.3 Å². The molecule has 3 rings (SSSR count). The number of halogens is 3. The highest BCUT2D eigenvalue weighted by Crippen LogP contribution is 2.32. The van der Waals surface area contributed by atoms with E-state index in [2.05, 4.69) is 20.6 Å². The highest BCUT2D eigenvalue weighted by atomic mass is 35.5. The van der Waals surface area contributed by atoms with Gasteiger partial charge in [-0.1, -0.05) is 23.7 Å². The molecule has 1 aromatic heterocycles. The molecule has 28 heavy (non-hydrogen) atoms. The first-order valence-corrected chi connectivity index (χ1v) is 9.04. The zero-order chi connectivity index (χ0) is 20.3. The first-order valence-electron chi connectivity index (χ1n) is 8.23. The van der Waals surface area contributed by atoms with Gasteiger partial charge in [0.25, 0.3) is 0 Å². The van der Waals surface area contributed by atoms with Crippen molar-refractivity contribution < 1.29 is 9.18 Å². The Morgan fingerprint density at radius 1 is 1.21 bits per heavy atom. The van der Waals surface area contributed by atoms with E-state index in [1.54, 1.807) is 37.3 Å². The van der Waals surface area contributed by atoms with Crippen molar-refractivity contribution in [2.24, 2.45) is 0 Å². The first-order chi connectivity index (χ1) is 13.3. The largest absolute Gasteiger partial charge is 0.396 e. The van der Waals surface area contributed by atoms with Crippen LogP contribution in [-0.4, -0.2) is 21.3 Å². The molecule has 9 heteroatoms. The average Bonchev–Trinajstić information content (AvgIpc) is 2.66. The summed E-state index contributed by atoms with van der Waals surface area (Å²) < 4.78 is 13.3. The Morgan fingerprint density at radius 3 is 2.71 bits per heavy atom. The molecule has 4 N–H and O–H groups in total.